The van der Waals surface area contributed by atoms with Crippen LogP contribution < -0.4 is 10.2 Å². The third kappa shape index (κ3) is 5.14. The van der Waals surface area contributed by atoms with Gasteiger partial charge in [-0.2, -0.15) is 0 Å². The standard InChI is InChI=1S/C27H30O14/c1-9-19(32)21(34)24(37)27(38-9)39-11-4-2-10(3-5-11)15-7-14(31)17-12(29)6-13(30)18(25(17)40-15)26-23(36)22(35)20(33)16(8-28)41-26/h2-7,9,16,19-24,26-30,32-37H,8H2,1H3/t9-,16+,19-,20+,21?,22-,23+,24+,26-,27-/m0/s1. The topological polar surface area (TPSA) is 240 Å². The van der Waals surface area contributed by atoms with Crippen molar-refractivity contribution in [3.05, 3.63) is 52.2 Å². The lowest BCUT2D eigenvalue weighted by Crippen LogP contribution is -2.58. The number of benzene rings is 2. The van der Waals surface area contributed by atoms with Gasteiger partial charge in [-0.1, -0.05) is 0 Å². The Bertz CT molecular complexity index is 1450. The minimum absolute atomic E-state index is 0.0361. The lowest BCUT2D eigenvalue weighted by molar-refractivity contribution is -0.268. The number of aliphatic hydroxyl groups excluding tert-OH is 7. The summed E-state index contributed by atoms with van der Waals surface area (Å²) in [6.07, 6.45) is -14.5. The summed E-state index contributed by atoms with van der Waals surface area (Å²) in [4.78, 5) is 13.1. The highest BCUT2D eigenvalue weighted by molar-refractivity contribution is 5.89. The van der Waals surface area contributed by atoms with Crippen molar-refractivity contribution < 1.29 is 64.6 Å². The monoisotopic (exact) mass is 578 g/mol. The third-order valence-corrected chi connectivity index (χ3v) is 7.37. The smallest absolute Gasteiger partial charge is 0.229 e. The van der Waals surface area contributed by atoms with Gasteiger partial charge in [0.05, 0.1) is 18.3 Å². The molecule has 0 amide bonds. The van der Waals surface area contributed by atoms with Crippen LogP contribution in [0.3, 0.4) is 0 Å². The number of hydrogen-bond acceptors (Lipinski definition) is 14. The van der Waals surface area contributed by atoms with Gasteiger partial charge in [-0.05, 0) is 31.2 Å². The number of aromatic hydroxyl groups is 2. The summed E-state index contributed by atoms with van der Waals surface area (Å²) >= 11 is 0. The Labute approximate surface area is 231 Å². The molecule has 2 aromatic carbocycles. The molecule has 0 bridgehead atoms. The Balaban J connectivity index is 1.51. The van der Waals surface area contributed by atoms with E-state index in [4.69, 9.17) is 18.6 Å². The van der Waals surface area contributed by atoms with Crippen molar-refractivity contribution in [1.29, 1.82) is 0 Å². The van der Waals surface area contributed by atoms with Gasteiger partial charge in [0.15, 0.2) is 11.0 Å². The normalized spacial score (nSPS) is 34.0. The summed E-state index contributed by atoms with van der Waals surface area (Å²) in [6.45, 7) is 0.776. The summed E-state index contributed by atoms with van der Waals surface area (Å²) in [5.41, 5.74) is -1.06. The second-order valence-electron chi connectivity index (χ2n) is 10.1. The first-order chi connectivity index (χ1) is 19.4. The fraction of sp³-hybridized carbons (Fsp3) is 0.444. The summed E-state index contributed by atoms with van der Waals surface area (Å²) < 4.78 is 22.5. The fourth-order valence-electron chi connectivity index (χ4n) is 5.02. The average Bonchev–Trinajstić information content (AvgIpc) is 2.94. The number of ether oxygens (including phenoxy) is 3. The summed E-state index contributed by atoms with van der Waals surface area (Å²) in [7, 11) is 0. The minimum atomic E-state index is -1.81. The third-order valence-electron chi connectivity index (χ3n) is 7.37. The van der Waals surface area contributed by atoms with Gasteiger partial charge in [-0.3, -0.25) is 4.79 Å². The molecule has 2 aliphatic rings. The van der Waals surface area contributed by atoms with Crippen LogP contribution in [0.5, 0.6) is 17.2 Å². The molecule has 0 spiro atoms. The van der Waals surface area contributed by atoms with Gasteiger partial charge in [-0.15, -0.1) is 0 Å². The molecule has 2 saturated heterocycles. The van der Waals surface area contributed by atoms with E-state index >= 15 is 0 Å². The molecule has 41 heavy (non-hydrogen) atoms. The number of fused-ring (bicyclic) bond motifs is 1. The minimum Gasteiger partial charge on any atom is -0.507 e. The fourth-order valence-corrected chi connectivity index (χ4v) is 5.02. The summed E-state index contributed by atoms with van der Waals surface area (Å²) in [5.74, 6) is -1.10. The van der Waals surface area contributed by atoms with E-state index in [1.54, 1.807) is 0 Å². The maximum absolute atomic E-state index is 13.1. The second-order valence-corrected chi connectivity index (χ2v) is 10.1. The highest BCUT2D eigenvalue weighted by atomic mass is 16.7. The van der Waals surface area contributed by atoms with Crippen LogP contribution in [0.25, 0.3) is 22.3 Å². The van der Waals surface area contributed by atoms with Crippen molar-refractivity contribution in [3.8, 4) is 28.6 Å². The molecule has 1 unspecified atom stereocenters. The molecule has 222 valence electrons. The Morgan fingerprint density at radius 1 is 0.805 bits per heavy atom. The van der Waals surface area contributed by atoms with E-state index in [1.165, 1.54) is 31.2 Å². The van der Waals surface area contributed by atoms with Crippen LogP contribution in [0.4, 0.5) is 0 Å². The molecule has 3 heterocycles. The molecule has 3 aromatic rings. The molecule has 10 atom stereocenters. The largest absolute Gasteiger partial charge is 0.507 e. The Morgan fingerprint density at radius 3 is 2.12 bits per heavy atom. The lowest BCUT2D eigenvalue weighted by Gasteiger charge is -2.40. The maximum Gasteiger partial charge on any atom is 0.229 e. The van der Waals surface area contributed by atoms with Crippen LogP contribution in [0.15, 0.2) is 45.6 Å². The molecule has 0 radical (unpaired) electrons. The average molecular weight is 579 g/mol. The van der Waals surface area contributed by atoms with E-state index in [-0.39, 0.29) is 28.0 Å². The molecule has 9 N–H and O–H groups in total. The molecular formula is C27H30O14. The Hall–Kier alpha value is -3.31. The lowest BCUT2D eigenvalue weighted by atomic mass is 9.89. The number of phenolic OH excluding ortho intramolecular Hbond substituents is 2. The molecular weight excluding hydrogens is 548 g/mol. The van der Waals surface area contributed by atoms with Gasteiger partial charge in [0.25, 0.3) is 0 Å². The Morgan fingerprint density at radius 2 is 1.46 bits per heavy atom. The van der Waals surface area contributed by atoms with E-state index in [1.807, 2.05) is 0 Å². The van der Waals surface area contributed by atoms with Crippen LogP contribution in [0.1, 0.15) is 18.6 Å². The molecule has 14 nitrogen and oxygen atoms in total. The molecule has 0 aliphatic carbocycles. The number of aliphatic hydroxyl groups is 7. The van der Waals surface area contributed by atoms with Crippen molar-refractivity contribution in [1.82, 2.24) is 0 Å². The van der Waals surface area contributed by atoms with Crippen molar-refractivity contribution in [2.75, 3.05) is 6.61 Å². The quantitative estimate of drug-likeness (QED) is 0.169. The van der Waals surface area contributed by atoms with Gasteiger partial charge in [0.2, 0.25) is 6.29 Å². The van der Waals surface area contributed by atoms with Crippen LogP contribution in [0.2, 0.25) is 0 Å². The number of phenols is 2. The van der Waals surface area contributed by atoms with Gasteiger partial charge >= 0.3 is 0 Å². The first-order valence-electron chi connectivity index (χ1n) is 12.7. The summed E-state index contributed by atoms with van der Waals surface area (Å²) in [6, 6.07) is 7.81. The predicted molar refractivity (Wildman–Crippen MR) is 137 cm³/mol. The van der Waals surface area contributed by atoms with Gasteiger partial charge in [0, 0.05) is 17.7 Å². The molecule has 0 saturated carbocycles. The van der Waals surface area contributed by atoms with Gasteiger partial charge in [0.1, 0.15) is 77.2 Å². The molecule has 5 rings (SSSR count). The van der Waals surface area contributed by atoms with Crippen LogP contribution >= 0.6 is 0 Å². The predicted octanol–water partition coefficient (Wildman–Crippen LogP) is -1.41. The van der Waals surface area contributed by atoms with Crippen molar-refractivity contribution >= 4 is 11.0 Å². The highest BCUT2D eigenvalue weighted by Crippen LogP contribution is 2.43. The molecule has 1 aromatic heterocycles. The molecule has 2 fully saturated rings. The van der Waals surface area contributed by atoms with E-state index < -0.39 is 84.8 Å². The Kier molecular flexibility index (Phi) is 7.95. The summed E-state index contributed by atoms with van der Waals surface area (Å²) in [5, 5.41) is 91.4. The van der Waals surface area contributed by atoms with Crippen LogP contribution in [-0.2, 0) is 9.47 Å². The zero-order chi connectivity index (χ0) is 29.7. The van der Waals surface area contributed by atoms with Gasteiger partial charge in [-0.25, -0.2) is 0 Å². The van der Waals surface area contributed by atoms with Crippen molar-refractivity contribution in [2.45, 2.75) is 68.1 Å². The molecule has 2 aliphatic heterocycles. The van der Waals surface area contributed by atoms with Gasteiger partial charge < -0.3 is 64.6 Å². The SMILES string of the molecule is C[C@@H]1O[C@@H](Oc2ccc(-c3cc(=O)c4c(O)cc(O)c([C@@H]5O[C@H](CO)[C@@H](O)[C@H](O)[C@H]5O)c4o3)cc2)[C@H](O)C(O)[C@H]1O. The number of rotatable bonds is 5. The highest BCUT2D eigenvalue weighted by Gasteiger charge is 2.46. The van der Waals surface area contributed by atoms with E-state index in [9.17, 15) is 50.8 Å². The van der Waals surface area contributed by atoms with E-state index in [2.05, 4.69) is 0 Å². The zero-order valence-corrected chi connectivity index (χ0v) is 21.5. The maximum atomic E-state index is 13.1. The van der Waals surface area contributed by atoms with E-state index in [0.717, 1.165) is 12.1 Å². The number of hydrogen-bond donors (Lipinski definition) is 9. The van der Waals surface area contributed by atoms with Crippen LogP contribution in [-0.4, -0.2) is 108 Å². The first kappa shape index (κ1) is 29.2. The van der Waals surface area contributed by atoms with E-state index in [0.29, 0.717) is 5.56 Å². The second kappa shape index (κ2) is 11.2. The van der Waals surface area contributed by atoms with Crippen molar-refractivity contribution in [2.24, 2.45) is 0 Å². The first-order valence-corrected chi connectivity index (χ1v) is 12.7. The van der Waals surface area contributed by atoms with Crippen LogP contribution in [0, 0.1) is 0 Å². The van der Waals surface area contributed by atoms with Crippen molar-refractivity contribution in [3.63, 3.8) is 0 Å². The zero-order valence-electron chi connectivity index (χ0n) is 21.5. The molecule has 14 heteroatoms.